The molecule has 1 saturated heterocycles. The van der Waals surface area contributed by atoms with E-state index in [2.05, 4.69) is 0 Å². The Morgan fingerprint density at radius 1 is 0.742 bits per heavy atom. The van der Waals surface area contributed by atoms with Gasteiger partial charge in [-0.05, 0) is 79.1 Å². The molecule has 3 aromatic carbocycles. The highest BCUT2D eigenvalue weighted by Crippen LogP contribution is 2.36. The zero-order valence-corrected chi connectivity index (χ0v) is 16.6. The average molecular weight is 422 g/mol. The van der Waals surface area contributed by atoms with Crippen molar-refractivity contribution in [1.29, 1.82) is 0 Å². The summed E-state index contributed by atoms with van der Waals surface area (Å²) in [7, 11) is 0. The van der Waals surface area contributed by atoms with Crippen molar-refractivity contribution < 1.29 is 27.8 Å². The molecule has 0 bridgehead atoms. The first-order chi connectivity index (χ1) is 15.0. The van der Waals surface area contributed by atoms with Gasteiger partial charge in [0, 0.05) is 24.3 Å². The third-order valence-electron chi connectivity index (χ3n) is 5.57. The molecule has 3 aromatic rings. The summed E-state index contributed by atoms with van der Waals surface area (Å²) in [5.41, 5.74) is 0.522. The van der Waals surface area contributed by atoms with Crippen LogP contribution in [0.5, 0.6) is 5.75 Å². The molecule has 1 aliphatic heterocycles. The molecule has 0 unspecified atom stereocenters. The minimum Gasteiger partial charge on any atom is -0.426 e. The molecule has 158 valence electrons. The lowest BCUT2D eigenvalue weighted by Crippen LogP contribution is -2.44. The first-order valence-corrected chi connectivity index (χ1v) is 9.94. The van der Waals surface area contributed by atoms with Gasteiger partial charge in [-0.25, -0.2) is 8.78 Å². The lowest BCUT2D eigenvalue weighted by atomic mass is 9.74. The summed E-state index contributed by atoms with van der Waals surface area (Å²) < 4.78 is 37.5. The monoisotopic (exact) mass is 422 g/mol. The number of carbonyl (C=O) groups excluding carboxylic acids is 2. The predicted molar refractivity (Wildman–Crippen MR) is 110 cm³/mol. The molecule has 0 spiro atoms. The van der Waals surface area contributed by atoms with E-state index in [1.165, 1.54) is 36.4 Å². The van der Waals surface area contributed by atoms with Crippen LogP contribution in [0.1, 0.15) is 34.3 Å². The van der Waals surface area contributed by atoms with Crippen molar-refractivity contribution in [2.24, 2.45) is 0 Å². The second-order valence-electron chi connectivity index (χ2n) is 7.45. The molecule has 0 atom stereocenters. The number of benzene rings is 3. The van der Waals surface area contributed by atoms with Gasteiger partial charge >= 0.3 is 5.97 Å². The zero-order valence-electron chi connectivity index (χ0n) is 16.6. The van der Waals surface area contributed by atoms with E-state index in [-0.39, 0.29) is 11.6 Å². The van der Waals surface area contributed by atoms with Crippen LogP contribution in [-0.2, 0) is 14.9 Å². The summed E-state index contributed by atoms with van der Waals surface area (Å²) >= 11 is 0. The number of ketones is 1. The van der Waals surface area contributed by atoms with Crippen LogP contribution in [0.3, 0.4) is 0 Å². The molecule has 0 aromatic heterocycles. The Morgan fingerprint density at radius 2 is 1.23 bits per heavy atom. The molecular formula is C25H20F2O4. The van der Waals surface area contributed by atoms with Crippen molar-refractivity contribution in [3.63, 3.8) is 0 Å². The minimum absolute atomic E-state index is 0.259. The maximum Gasteiger partial charge on any atom is 0.322 e. The molecule has 1 heterocycles. The lowest BCUT2D eigenvalue weighted by molar-refractivity contribution is -0.145. The first kappa shape index (κ1) is 20.9. The van der Waals surface area contributed by atoms with Crippen molar-refractivity contribution in [1.82, 2.24) is 0 Å². The Labute approximate surface area is 178 Å². The Bertz CT molecular complexity index is 1070. The number of halogens is 2. The molecule has 0 saturated carbocycles. The van der Waals surface area contributed by atoms with E-state index in [0.717, 1.165) is 0 Å². The number of hydrogen-bond acceptors (Lipinski definition) is 4. The second kappa shape index (κ2) is 8.78. The predicted octanol–water partition coefficient (Wildman–Crippen LogP) is 4.85. The summed E-state index contributed by atoms with van der Waals surface area (Å²) in [6.07, 6.45) is 0.858. The van der Waals surface area contributed by atoms with Gasteiger partial charge in [0.1, 0.15) is 17.4 Å². The molecule has 1 fully saturated rings. The van der Waals surface area contributed by atoms with Crippen molar-refractivity contribution in [3.05, 3.63) is 101 Å². The van der Waals surface area contributed by atoms with E-state index in [0.29, 0.717) is 48.5 Å². The maximum atomic E-state index is 13.4. The Kier molecular flexibility index (Phi) is 5.91. The van der Waals surface area contributed by atoms with E-state index >= 15 is 0 Å². The smallest absolute Gasteiger partial charge is 0.322 e. The van der Waals surface area contributed by atoms with Gasteiger partial charge in [-0.3, -0.25) is 9.59 Å². The summed E-state index contributed by atoms with van der Waals surface area (Å²) in [5, 5.41) is 0. The van der Waals surface area contributed by atoms with E-state index in [1.54, 1.807) is 36.4 Å². The largest absolute Gasteiger partial charge is 0.426 e. The van der Waals surface area contributed by atoms with Crippen LogP contribution in [0.15, 0.2) is 72.8 Å². The van der Waals surface area contributed by atoms with Gasteiger partial charge in [-0.15, -0.1) is 0 Å². The molecule has 0 N–H and O–H groups in total. The Morgan fingerprint density at radius 3 is 1.77 bits per heavy atom. The fourth-order valence-corrected chi connectivity index (χ4v) is 3.75. The Hall–Kier alpha value is -3.38. The number of carbonyl (C=O) groups is 2. The third kappa shape index (κ3) is 4.39. The SMILES string of the molecule is O=C(c1ccc(F)cc1)c1ccc(OC(=O)C2(c3ccc(F)cc3)CCOCC2)cc1. The molecule has 0 aliphatic carbocycles. The molecule has 6 heteroatoms. The van der Waals surface area contributed by atoms with Gasteiger partial charge in [0.25, 0.3) is 0 Å². The summed E-state index contributed by atoms with van der Waals surface area (Å²) in [4.78, 5) is 25.7. The van der Waals surface area contributed by atoms with Crippen LogP contribution in [0.4, 0.5) is 8.78 Å². The molecule has 0 amide bonds. The topological polar surface area (TPSA) is 52.6 Å². The highest BCUT2D eigenvalue weighted by molar-refractivity contribution is 6.09. The molecule has 31 heavy (non-hydrogen) atoms. The number of ether oxygens (including phenoxy) is 2. The summed E-state index contributed by atoms with van der Waals surface area (Å²) in [6, 6.07) is 17.4. The Balaban J connectivity index is 1.53. The maximum absolute atomic E-state index is 13.4. The number of hydrogen-bond donors (Lipinski definition) is 0. The molecule has 4 rings (SSSR count). The number of esters is 1. The van der Waals surface area contributed by atoms with Crippen LogP contribution in [0, 0.1) is 11.6 Å². The van der Waals surface area contributed by atoms with Crippen molar-refractivity contribution in [2.45, 2.75) is 18.3 Å². The highest BCUT2D eigenvalue weighted by Gasteiger charge is 2.43. The normalized spacial score (nSPS) is 15.3. The standard InChI is InChI=1S/C25H20F2O4/c26-20-7-1-17(2-8-20)23(28)18-3-11-22(12-4-18)31-24(29)25(13-15-30-16-14-25)19-5-9-21(27)10-6-19/h1-12H,13-16H2. The van der Waals surface area contributed by atoms with Crippen LogP contribution in [-0.4, -0.2) is 25.0 Å². The quantitative estimate of drug-likeness (QED) is 0.335. The van der Waals surface area contributed by atoms with Crippen molar-refractivity contribution >= 4 is 11.8 Å². The first-order valence-electron chi connectivity index (χ1n) is 9.94. The van der Waals surface area contributed by atoms with Crippen LogP contribution in [0.2, 0.25) is 0 Å². The van der Waals surface area contributed by atoms with Gasteiger partial charge in [0.2, 0.25) is 0 Å². The average Bonchev–Trinajstić information content (AvgIpc) is 2.80. The van der Waals surface area contributed by atoms with Gasteiger partial charge in [-0.1, -0.05) is 12.1 Å². The minimum atomic E-state index is -0.922. The van der Waals surface area contributed by atoms with Crippen LogP contribution in [0.25, 0.3) is 0 Å². The van der Waals surface area contributed by atoms with Gasteiger partial charge in [0.15, 0.2) is 5.78 Å². The third-order valence-corrected chi connectivity index (χ3v) is 5.57. The fraction of sp³-hybridized carbons (Fsp3) is 0.200. The fourth-order valence-electron chi connectivity index (χ4n) is 3.75. The van der Waals surface area contributed by atoms with Crippen molar-refractivity contribution in [3.8, 4) is 5.75 Å². The molecular weight excluding hydrogens is 402 g/mol. The highest BCUT2D eigenvalue weighted by atomic mass is 19.1. The van der Waals surface area contributed by atoms with Crippen molar-refractivity contribution in [2.75, 3.05) is 13.2 Å². The summed E-state index contributed by atoms with van der Waals surface area (Å²) in [6.45, 7) is 0.801. The molecule has 1 aliphatic rings. The van der Waals surface area contributed by atoms with E-state index in [9.17, 15) is 18.4 Å². The molecule has 4 nitrogen and oxygen atoms in total. The van der Waals surface area contributed by atoms with Crippen LogP contribution < -0.4 is 4.74 Å². The van der Waals surface area contributed by atoms with E-state index < -0.39 is 17.2 Å². The summed E-state index contributed by atoms with van der Waals surface area (Å²) in [5.74, 6) is -1.19. The van der Waals surface area contributed by atoms with Gasteiger partial charge in [-0.2, -0.15) is 0 Å². The molecule has 0 radical (unpaired) electrons. The number of rotatable bonds is 5. The van der Waals surface area contributed by atoms with E-state index in [1.807, 2.05) is 0 Å². The zero-order chi connectivity index (χ0) is 21.8. The van der Waals surface area contributed by atoms with Gasteiger partial charge < -0.3 is 9.47 Å². The van der Waals surface area contributed by atoms with E-state index in [4.69, 9.17) is 9.47 Å². The second-order valence-corrected chi connectivity index (χ2v) is 7.45. The van der Waals surface area contributed by atoms with Crippen LogP contribution >= 0.6 is 0 Å². The lowest BCUT2D eigenvalue weighted by Gasteiger charge is -2.35. The van der Waals surface area contributed by atoms with Gasteiger partial charge in [0.05, 0.1) is 5.41 Å².